The van der Waals surface area contributed by atoms with Crippen LogP contribution in [0.5, 0.6) is 0 Å². The van der Waals surface area contributed by atoms with Gasteiger partial charge in [-0.25, -0.2) is 0 Å². The van der Waals surface area contributed by atoms with Crippen molar-refractivity contribution in [2.45, 2.75) is 39.0 Å². The number of carbonyl (C=O) groups excluding carboxylic acids is 1. The summed E-state index contributed by atoms with van der Waals surface area (Å²) in [6.07, 6.45) is 0.192. The number of amides is 1. The van der Waals surface area contributed by atoms with Crippen LogP contribution in [0.25, 0.3) is 0 Å². The van der Waals surface area contributed by atoms with Crippen LogP contribution in [0, 0.1) is 0 Å². The minimum Gasteiger partial charge on any atom is -0.372 e. The molecule has 116 valence electrons. The number of halogens is 1. The summed E-state index contributed by atoms with van der Waals surface area (Å²) in [4.78, 5) is 14.2. The number of hydrogen-bond acceptors (Lipinski definition) is 3. The molecule has 0 aromatic heterocycles. The lowest BCUT2D eigenvalue weighted by molar-refractivity contribution is -0.142. The van der Waals surface area contributed by atoms with E-state index in [0.717, 1.165) is 10.6 Å². The molecule has 1 fully saturated rings. The van der Waals surface area contributed by atoms with Crippen LogP contribution in [-0.2, 0) is 9.53 Å². The van der Waals surface area contributed by atoms with Gasteiger partial charge in [-0.15, -0.1) is 0 Å². The quantitative estimate of drug-likeness (QED) is 0.929. The topological polar surface area (TPSA) is 41.6 Å². The number of nitrogens with zero attached hydrogens (tertiary/aromatic N) is 1. The molecule has 1 amide bonds. The van der Waals surface area contributed by atoms with Gasteiger partial charge in [0.05, 0.1) is 18.8 Å². The van der Waals surface area contributed by atoms with Crippen LogP contribution < -0.4 is 5.32 Å². The van der Waals surface area contributed by atoms with E-state index in [-0.39, 0.29) is 24.2 Å². The predicted octanol–water partition coefficient (Wildman–Crippen LogP) is 2.63. The molecular formula is C16H23ClN2O2. The van der Waals surface area contributed by atoms with E-state index >= 15 is 0 Å². The van der Waals surface area contributed by atoms with Crippen molar-refractivity contribution in [2.24, 2.45) is 0 Å². The molecule has 1 N–H and O–H groups in total. The summed E-state index contributed by atoms with van der Waals surface area (Å²) in [6.45, 7) is 7.63. The molecule has 2 rings (SSSR count). The molecule has 3 atom stereocenters. The van der Waals surface area contributed by atoms with Crippen LogP contribution in [0.4, 0.5) is 0 Å². The number of benzene rings is 1. The van der Waals surface area contributed by atoms with Crippen LogP contribution in [0.15, 0.2) is 24.3 Å². The summed E-state index contributed by atoms with van der Waals surface area (Å²) in [7, 11) is 0. The zero-order valence-electron chi connectivity index (χ0n) is 12.8. The number of carbonyl (C=O) groups is 1. The first-order chi connectivity index (χ1) is 9.97. The SMILES string of the molecule is CC1CN(C(=O)CNC(C)c2ccccc2Cl)CC(C)O1. The monoisotopic (exact) mass is 310 g/mol. The van der Waals surface area contributed by atoms with E-state index in [1.54, 1.807) is 0 Å². The van der Waals surface area contributed by atoms with Gasteiger partial charge in [0.25, 0.3) is 0 Å². The fourth-order valence-corrected chi connectivity index (χ4v) is 2.97. The number of hydrogen-bond donors (Lipinski definition) is 1. The fraction of sp³-hybridized carbons (Fsp3) is 0.562. The van der Waals surface area contributed by atoms with Crippen LogP contribution in [0.3, 0.4) is 0 Å². The average molecular weight is 311 g/mol. The third-order valence-corrected chi connectivity index (χ3v) is 4.05. The molecule has 1 aliphatic heterocycles. The summed E-state index contributed by atoms with van der Waals surface area (Å²) in [5.41, 5.74) is 1.01. The highest BCUT2D eigenvalue weighted by Crippen LogP contribution is 2.22. The highest BCUT2D eigenvalue weighted by Gasteiger charge is 2.25. The van der Waals surface area contributed by atoms with Crippen molar-refractivity contribution in [3.05, 3.63) is 34.9 Å². The molecule has 0 saturated carbocycles. The molecule has 1 saturated heterocycles. The molecule has 3 unspecified atom stereocenters. The number of rotatable bonds is 4. The van der Waals surface area contributed by atoms with Gasteiger partial charge < -0.3 is 15.0 Å². The number of morpholine rings is 1. The molecule has 0 radical (unpaired) electrons. The first-order valence-electron chi connectivity index (χ1n) is 7.38. The standard InChI is InChI=1S/C16H23ClN2O2/c1-11-9-19(10-12(2)21-11)16(20)8-18-13(3)14-6-4-5-7-15(14)17/h4-7,11-13,18H,8-10H2,1-3H3. The number of nitrogens with one attached hydrogen (secondary N) is 1. The highest BCUT2D eigenvalue weighted by molar-refractivity contribution is 6.31. The Morgan fingerprint density at radius 1 is 1.38 bits per heavy atom. The van der Waals surface area contributed by atoms with Gasteiger partial charge in [0, 0.05) is 24.2 Å². The van der Waals surface area contributed by atoms with E-state index in [0.29, 0.717) is 19.6 Å². The first kappa shape index (κ1) is 16.3. The smallest absolute Gasteiger partial charge is 0.236 e. The molecule has 0 bridgehead atoms. The van der Waals surface area contributed by atoms with Gasteiger partial charge in [-0.3, -0.25) is 4.79 Å². The van der Waals surface area contributed by atoms with Gasteiger partial charge >= 0.3 is 0 Å². The molecule has 0 aliphatic carbocycles. The van der Waals surface area contributed by atoms with E-state index in [1.807, 2.05) is 49.9 Å². The lowest BCUT2D eigenvalue weighted by atomic mass is 10.1. The van der Waals surface area contributed by atoms with Gasteiger partial charge in [0.1, 0.15) is 0 Å². The van der Waals surface area contributed by atoms with Crippen molar-refractivity contribution in [1.82, 2.24) is 10.2 Å². The van der Waals surface area contributed by atoms with Crippen LogP contribution in [-0.4, -0.2) is 42.6 Å². The Morgan fingerprint density at radius 3 is 2.62 bits per heavy atom. The van der Waals surface area contributed by atoms with Gasteiger partial charge in [-0.1, -0.05) is 29.8 Å². The first-order valence-corrected chi connectivity index (χ1v) is 7.76. The summed E-state index contributed by atoms with van der Waals surface area (Å²) in [5, 5.41) is 3.97. The van der Waals surface area contributed by atoms with Crippen molar-refractivity contribution < 1.29 is 9.53 Å². The molecule has 1 aromatic carbocycles. The zero-order valence-corrected chi connectivity index (χ0v) is 13.6. The largest absolute Gasteiger partial charge is 0.372 e. The maximum Gasteiger partial charge on any atom is 0.236 e. The average Bonchev–Trinajstić information content (AvgIpc) is 2.43. The summed E-state index contributed by atoms with van der Waals surface area (Å²) < 4.78 is 5.65. The second-order valence-corrected chi connectivity index (χ2v) is 6.09. The molecule has 1 aliphatic rings. The van der Waals surface area contributed by atoms with E-state index in [1.165, 1.54) is 0 Å². The molecule has 0 spiro atoms. The van der Waals surface area contributed by atoms with Crippen molar-refractivity contribution >= 4 is 17.5 Å². The van der Waals surface area contributed by atoms with E-state index in [4.69, 9.17) is 16.3 Å². The van der Waals surface area contributed by atoms with Crippen molar-refractivity contribution in [3.63, 3.8) is 0 Å². The second-order valence-electron chi connectivity index (χ2n) is 5.68. The maximum absolute atomic E-state index is 12.3. The van der Waals surface area contributed by atoms with Crippen LogP contribution >= 0.6 is 11.6 Å². The van der Waals surface area contributed by atoms with Crippen molar-refractivity contribution in [1.29, 1.82) is 0 Å². The molecular weight excluding hydrogens is 288 g/mol. The third-order valence-electron chi connectivity index (χ3n) is 3.70. The minimum atomic E-state index is 0.0403. The molecule has 4 nitrogen and oxygen atoms in total. The van der Waals surface area contributed by atoms with Crippen LogP contribution in [0.1, 0.15) is 32.4 Å². The highest BCUT2D eigenvalue weighted by atomic mass is 35.5. The van der Waals surface area contributed by atoms with Crippen LogP contribution in [0.2, 0.25) is 5.02 Å². The fourth-order valence-electron chi connectivity index (χ4n) is 2.67. The van der Waals surface area contributed by atoms with Crippen molar-refractivity contribution in [3.8, 4) is 0 Å². The molecule has 1 aromatic rings. The normalized spacial score (nSPS) is 23.9. The summed E-state index contributed by atoms with van der Waals surface area (Å²) >= 11 is 6.17. The molecule has 5 heteroatoms. The summed E-state index contributed by atoms with van der Waals surface area (Å²) in [6, 6.07) is 7.73. The lowest BCUT2D eigenvalue weighted by Crippen LogP contribution is -2.50. The number of ether oxygens (including phenoxy) is 1. The second kappa shape index (κ2) is 7.25. The van der Waals surface area contributed by atoms with Gasteiger partial charge in [-0.05, 0) is 32.4 Å². The predicted molar refractivity (Wildman–Crippen MR) is 84.5 cm³/mol. The van der Waals surface area contributed by atoms with Gasteiger partial charge in [0.15, 0.2) is 0 Å². The van der Waals surface area contributed by atoms with Crippen molar-refractivity contribution in [2.75, 3.05) is 19.6 Å². The maximum atomic E-state index is 12.3. The third kappa shape index (κ3) is 4.43. The van der Waals surface area contributed by atoms with E-state index < -0.39 is 0 Å². The lowest BCUT2D eigenvalue weighted by Gasteiger charge is -2.35. The van der Waals surface area contributed by atoms with E-state index in [9.17, 15) is 4.79 Å². The zero-order chi connectivity index (χ0) is 15.4. The molecule has 21 heavy (non-hydrogen) atoms. The Hall–Kier alpha value is -1.10. The Balaban J connectivity index is 1.88. The Kier molecular flexibility index (Phi) is 5.62. The van der Waals surface area contributed by atoms with Gasteiger partial charge in [0.2, 0.25) is 5.91 Å². The van der Waals surface area contributed by atoms with Gasteiger partial charge in [-0.2, -0.15) is 0 Å². The Morgan fingerprint density at radius 2 is 2.00 bits per heavy atom. The Bertz CT molecular complexity index is 485. The Labute approximate surface area is 131 Å². The summed E-state index contributed by atoms with van der Waals surface area (Å²) in [5.74, 6) is 0.107. The van der Waals surface area contributed by atoms with E-state index in [2.05, 4.69) is 5.32 Å². The molecule has 1 heterocycles. The minimum absolute atomic E-state index is 0.0403.